The van der Waals surface area contributed by atoms with Crippen molar-refractivity contribution in [2.75, 3.05) is 12.4 Å². The van der Waals surface area contributed by atoms with Crippen molar-refractivity contribution in [2.45, 2.75) is 13.8 Å². The highest BCUT2D eigenvalue weighted by Gasteiger charge is 2.17. The number of hydrogen-bond donors (Lipinski definition) is 2. The molecule has 104 valence electrons. The molecule has 0 saturated heterocycles. The second kappa shape index (κ2) is 5.56. The fourth-order valence-corrected chi connectivity index (χ4v) is 1.81. The molecule has 1 heterocycles. The van der Waals surface area contributed by atoms with Crippen LogP contribution in [0.25, 0.3) is 0 Å². The van der Waals surface area contributed by atoms with Gasteiger partial charge in [0.1, 0.15) is 0 Å². The van der Waals surface area contributed by atoms with Crippen molar-refractivity contribution >= 4 is 17.6 Å². The van der Waals surface area contributed by atoms with Crippen LogP contribution >= 0.6 is 0 Å². The quantitative estimate of drug-likeness (QED) is 0.838. The number of esters is 1. The van der Waals surface area contributed by atoms with Crippen LogP contribution in [-0.2, 0) is 4.74 Å². The maximum Gasteiger partial charge on any atom is 0.358 e. The van der Waals surface area contributed by atoms with Gasteiger partial charge in [-0.2, -0.15) is 5.10 Å². The van der Waals surface area contributed by atoms with Crippen LogP contribution in [0.1, 0.15) is 32.0 Å². The van der Waals surface area contributed by atoms with Crippen molar-refractivity contribution in [1.82, 2.24) is 10.2 Å². The van der Waals surface area contributed by atoms with Gasteiger partial charge in [0.25, 0.3) is 5.91 Å². The molecule has 0 aliphatic heterocycles. The second-order valence-corrected chi connectivity index (χ2v) is 4.42. The molecule has 2 N–H and O–H groups in total. The molecule has 0 unspecified atom stereocenters. The lowest BCUT2D eigenvalue weighted by atomic mass is 10.1. The summed E-state index contributed by atoms with van der Waals surface area (Å²) in [6.45, 7) is 3.76. The second-order valence-electron chi connectivity index (χ2n) is 4.42. The third-order valence-corrected chi connectivity index (χ3v) is 2.91. The summed E-state index contributed by atoms with van der Waals surface area (Å²) in [5.41, 5.74) is 2.81. The Morgan fingerprint density at radius 3 is 2.75 bits per heavy atom. The van der Waals surface area contributed by atoms with E-state index in [9.17, 15) is 9.59 Å². The molecule has 0 saturated carbocycles. The number of carbonyl (C=O) groups excluding carboxylic acids is 2. The van der Waals surface area contributed by atoms with E-state index in [1.54, 1.807) is 6.07 Å². The molecule has 0 bridgehead atoms. The summed E-state index contributed by atoms with van der Waals surface area (Å²) >= 11 is 0. The van der Waals surface area contributed by atoms with Crippen molar-refractivity contribution in [3.05, 3.63) is 46.8 Å². The molecule has 0 fully saturated rings. The van der Waals surface area contributed by atoms with Gasteiger partial charge in [-0.3, -0.25) is 9.89 Å². The first-order chi connectivity index (χ1) is 9.52. The van der Waals surface area contributed by atoms with Crippen LogP contribution in [-0.4, -0.2) is 29.2 Å². The third kappa shape index (κ3) is 2.69. The van der Waals surface area contributed by atoms with Crippen LogP contribution in [0.15, 0.2) is 24.4 Å². The number of aromatic amines is 1. The van der Waals surface area contributed by atoms with E-state index in [1.807, 2.05) is 26.0 Å². The molecule has 0 radical (unpaired) electrons. The zero-order chi connectivity index (χ0) is 14.7. The summed E-state index contributed by atoms with van der Waals surface area (Å²) < 4.78 is 4.60. The molecule has 2 aromatic rings. The zero-order valence-corrected chi connectivity index (χ0v) is 11.5. The number of nitrogens with zero attached hydrogens (tertiary/aromatic N) is 1. The average molecular weight is 273 g/mol. The summed E-state index contributed by atoms with van der Waals surface area (Å²) in [7, 11) is 1.26. The lowest BCUT2D eigenvalue weighted by molar-refractivity contribution is 0.0595. The first-order valence-corrected chi connectivity index (χ1v) is 6.03. The number of aromatic nitrogens is 2. The minimum absolute atomic E-state index is 0.117. The van der Waals surface area contributed by atoms with E-state index in [4.69, 9.17) is 0 Å². The van der Waals surface area contributed by atoms with Crippen LogP contribution in [0, 0.1) is 13.8 Å². The molecule has 2 rings (SSSR count). The van der Waals surface area contributed by atoms with Crippen LogP contribution in [0.3, 0.4) is 0 Å². The van der Waals surface area contributed by atoms with Gasteiger partial charge in [0.2, 0.25) is 0 Å². The maximum atomic E-state index is 12.2. The molecule has 6 heteroatoms. The molecule has 0 aliphatic rings. The topological polar surface area (TPSA) is 84.1 Å². The van der Waals surface area contributed by atoms with Crippen molar-refractivity contribution in [3.8, 4) is 0 Å². The van der Waals surface area contributed by atoms with Gasteiger partial charge in [-0.1, -0.05) is 17.7 Å². The summed E-state index contributed by atoms with van der Waals surface area (Å²) in [6, 6.07) is 5.60. The highest BCUT2D eigenvalue weighted by molar-refractivity contribution is 6.08. The Morgan fingerprint density at radius 1 is 1.30 bits per heavy atom. The summed E-state index contributed by atoms with van der Waals surface area (Å²) in [5, 5.41) is 8.89. The van der Waals surface area contributed by atoms with Crippen molar-refractivity contribution in [2.24, 2.45) is 0 Å². The van der Waals surface area contributed by atoms with E-state index in [0.29, 0.717) is 11.3 Å². The number of rotatable bonds is 3. The Balaban J connectivity index is 2.26. The Hall–Kier alpha value is -2.63. The van der Waals surface area contributed by atoms with E-state index in [1.165, 1.54) is 13.3 Å². The number of anilines is 1. The number of aryl methyl sites for hydroxylation is 2. The van der Waals surface area contributed by atoms with Crippen molar-refractivity contribution < 1.29 is 14.3 Å². The number of hydrogen-bond acceptors (Lipinski definition) is 4. The normalized spacial score (nSPS) is 10.2. The van der Waals surface area contributed by atoms with Crippen molar-refractivity contribution in [3.63, 3.8) is 0 Å². The van der Waals surface area contributed by atoms with Crippen molar-refractivity contribution in [1.29, 1.82) is 0 Å². The number of nitrogens with one attached hydrogen (secondary N) is 2. The van der Waals surface area contributed by atoms with E-state index in [-0.39, 0.29) is 11.6 Å². The lowest BCUT2D eigenvalue weighted by Crippen LogP contribution is -2.16. The molecular formula is C14H15N3O3. The standard InChI is InChI=1S/C14H15N3O3/c1-8-4-5-9(2)10(6-8)13(18)16-11-7-15-17-12(11)14(19)20-3/h4-7H,1-3H3,(H,15,17)(H,16,18). The van der Waals surface area contributed by atoms with E-state index < -0.39 is 5.97 Å². The summed E-state index contributed by atoms with van der Waals surface area (Å²) in [5.74, 6) is -0.878. The van der Waals surface area contributed by atoms with Gasteiger partial charge in [0, 0.05) is 5.56 Å². The number of benzene rings is 1. The summed E-state index contributed by atoms with van der Waals surface area (Å²) in [6.07, 6.45) is 1.37. The smallest absolute Gasteiger partial charge is 0.358 e. The summed E-state index contributed by atoms with van der Waals surface area (Å²) in [4.78, 5) is 23.7. The minimum Gasteiger partial charge on any atom is -0.464 e. The molecular weight excluding hydrogens is 258 g/mol. The maximum absolute atomic E-state index is 12.2. The van der Waals surface area contributed by atoms with Crippen LogP contribution in [0.4, 0.5) is 5.69 Å². The lowest BCUT2D eigenvalue weighted by Gasteiger charge is -2.08. The van der Waals surface area contributed by atoms with E-state index in [2.05, 4.69) is 20.3 Å². The molecule has 0 aliphatic carbocycles. The van der Waals surface area contributed by atoms with Gasteiger partial charge in [0.15, 0.2) is 5.69 Å². The highest BCUT2D eigenvalue weighted by atomic mass is 16.5. The number of ether oxygens (including phenoxy) is 1. The number of carbonyl (C=O) groups is 2. The Kier molecular flexibility index (Phi) is 3.84. The number of amides is 1. The monoisotopic (exact) mass is 273 g/mol. The van der Waals surface area contributed by atoms with Crippen LogP contribution < -0.4 is 5.32 Å². The molecule has 1 amide bonds. The van der Waals surface area contributed by atoms with Gasteiger partial charge in [-0.15, -0.1) is 0 Å². The van der Waals surface area contributed by atoms with Gasteiger partial charge in [0.05, 0.1) is 19.0 Å². The van der Waals surface area contributed by atoms with Crippen LogP contribution in [0.2, 0.25) is 0 Å². The van der Waals surface area contributed by atoms with E-state index in [0.717, 1.165) is 11.1 Å². The third-order valence-electron chi connectivity index (χ3n) is 2.91. The van der Waals surface area contributed by atoms with Crippen LogP contribution in [0.5, 0.6) is 0 Å². The molecule has 6 nitrogen and oxygen atoms in total. The van der Waals surface area contributed by atoms with Gasteiger partial charge < -0.3 is 10.1 Å². The predicted octanol–water partition coefficient (Wildman–Crippen LogP) is 2.07. The van der Waals surface area contributed by atoms with E-state index >= 15 is 0 Å². The fraction of sp³-hybridized carbons (Fsp3) is 0.214. The Bertz CT molecular complexity index is 661. The molecule has 20 heavy (non-hydrogen) atoms. The predicted molar refractivity (Wildman–Crippen MR) is 73.8 cm³/mol. The molecule has 0 atom stereocenters. The Morgan fingerprint density at radius 2 is 2.05 bits per heavy atom. The first kappa shape index (κ1) is 13.8. The highest BCUT2D eigenvalue weighted by Crippen LogP contribution is 2.16. The largest absolute Gasteiger partial charge is 0.464 e. The first-order valence-electron chi connectivity index (χ1n) is 6.03. The zero-order valence-electron chi connectivity index (χ0n) is 11.5. The minimum atomic E-state index is -0.584. The Labute approximate surface area is 116 Å². The van der Waals surface area contributed by atoms with Gasteiger partial charge in [-0.25, -0.2) is 4.79 Å². The molecule has 1 aromatic carbocycles. The molecule has 0 spiro atoms. The van der Waals surface area contributed by atoms with Gasteiger partial charge >= 0.3 is 5.97 Å². The number of methoxy groups -OCH3 is 1. The SMILES string of the molecule is COC(=O)c1[nH]ncc1NC(=O)c1cc(C)ccc1C. The van der Waals surface area contributed by atoms with Gasteiger partial charge in [-0.05, 0) is 25.5 Å². The molecule has 1 aromatic heterocycles. The fourth-order valence-electron chi connectivity index (χ4n) is 1.81. The number of H-pyrrole nitrogens is 1. The average Bonchev–Trinajstić information content (AvgIpc) is 2.88.